The predicted octanol–water partition coefficient (Wildman–Crippen LogP) is 2.89. The molecule has 0 aliphatic rings. The molecule has 1 aromatic rings. The summed E-state index contributed by atoms with van der Waals surface area (Å²) in [6.07, 6.45) is 2.26. The van der Waals surface area contributed by atoms with Gasteiger partial charge in [-0.15, -0.1) is 0 Å². The lowest BCUT2D eigenvalue weighted by Gasteiger charge is -2.17. The Bertz CT molecular complexity index is 479. The van der Waals surface area contributed by atoms with Crippen LogP contribution in [0.3, 0.4) is 0 Å². The number of carbonyl (C=O) groups is 1. The molecule has 1 rings (SSSR count). The van der Waals surface area contributed by atoms with Gasteiger partial charge >= 0.3 is 5.97 Å². The van der Waals surface area contributed by atoms with E-state index in [-0.39, 0.29) is 0 Å². The van der Waals surface area contributed by atoms with E-state index in [2.05, 4.69) is 29.3 Å². The molecule has 1 aromatic carbocycles. The number of anilines is 2. The zero-order chi connectivity index (χ0) is 14.4. The zero-order valence-electron chi connectivity index (χ0n) is 12.0. The van der Waals surface area contributed by atoms with Gasteiger partial charge in [-0.25, -0.2) is 4.79 Å². The van der Waals surface area contributed by atoms with Crippen molar-refractivity contribution in [2.75, 3.05) is 30.9 Å². The van der Waals surface area contributed by atoms with Crippen LogP contribution in [0.5, 0.6) is 0 Å². The number of hydrogen-bond acceptors (Lipinski definition) is 3. The van der Waals surface area contributed by atoms with Crippen molar-refractivity contribution in [3.05, 3.63) is 35.4 Å². The fourth-order valence-electron chi connectivity index (χ4n) is 1.88. The highest BCUT2D eigenvalue weighted by Crippen LogP contribution is 2.22. The van der Waals surface area contributed by atoms with E-state index in [9.17, 15) is 4.79 Å². The summed E-state index contributed by atoms with van der Waals surface area (Å²) in [5, 5.41) is 12.1. The fraction of sp³-hybridized carbons (Fsp3) is 0.400. The lowest BCUT2D eigenvalue weighted by Crippen LogP contribution is -2.11. The third-order valence-electron chi connectivity index (χ3n) is 3.00. The number of aliphatic carboxylic acids is 1. The topological polar surface area (TPSA) is 52.6 Å². The molecule has 0 spiro atoms. The predicted molar refractivity (Wildman–Crippen MR) is 80.0 cm³/mol. The molecule has 4 nitrogen and oxygen atoms in total. The van der Waals surface area contributed by atoms with Gasteiger partial charge in [-0.1, -0.05) is 19.1 Å². The Morgan fingerprint density at radius 2 is 2.11 bits per heavy atom. The number of nitrogens with one attached hydrogen (secondary N) is 1. The van der Waals surface area contributed by atoms with Crippen LogP contribution in [0, 0.1) is 6.92 Å². The highest BCUT2D eigenvalue weighted by atomic mass is 16.4. The first-order valence-electron chi connectivity index (χ1n) is 6.39. The lowest BCUT2D eigenvalue weighted by atomic mass is 10.1. The van der Waals surface area contributed by atoms with Crippen molar-refractivity contribution in [3.63, 3.8) is 0 Å². The number of nitrogens with zero attached hydrogens (tertiary/aromatic N) is 1. The van der Waals surface area contributed by atoms with Crippen LogP contribution < -0.4 is 10.2 Å². The van der Waals surface area contributed by atoms with E-state index in [1.807, 2.05) is 27.1 Å². The summed E-state index contributed by atoms with van der Waals surface area (Å²) in [5.41, 5.74) is 3.80. The maximum absolute atomic E-state index is 10.9. The van der Waals surface area contributed by atoms with Crippen LogP contribution in [0.1, 0.15) is 18.9 Å². The molecule has 0 radical (unpaired) electrons. The summed E-state index contributed by atoms with van der Waals surface area (Å²) < 4.78 is 0. The van der Waals surface area contributed by atoms with Gasteiger partial charge in [0.05, 0.1) is 0 Å². The first-order chi connectivity index (χ1) is 8.95. The van der Waals surface area contributed by atoms with E-state index >= 15 is 0 Å². The van der Waals surface area contributed by atoms with Gasteiger partial charge in [-0.05, 0) is 31.0 Å². The summed E-state index contributed by atoms with van der Waals surface area (Å²) in [6, 6.07) is 6.12. The minimum absolute atomic E-state index is 0.437. The van der Waals surface area contributed by atoms with E-state index in [0.717, 1.165) is 11.4 Å². The number of hydrogen-bond donors (Lipinski definition) is 2. The highest BCUT2D eigenvalue weighted by molar-refractivity contribution is 5.86. The molecule has 0 fully saturated rings. The van der Waals surface area contributed by atoms with Crippen LogP contribution in [0.15, 0.2) is 29.8 Å². The Kier molecular flexibility index (Phi) is 5.42. The van der Waals surface area contributed by atoms with Gasteiger partial charge in [0.25, 0.3) is 0 Å². The number of benzene rings is 1. The molecule has 4 heteroatoms. The molecule has 0 heterocycles. The number of carboxylic acids is 1. The van der Waals surface area contributed by atoms with E-state index in [1.165, 1.54) is 5.56 Å². The van der Waals surface area contributed by atoms with Crippen molar-refractivity contribution in [2.45, 2.75) is 20.3 Å². The molecule has 0 amide bonds. The van der Waals surface area contributed by atoms with Gasteiger partial charge in [0, 0.05) is 37.6 Å². The number of aryl methyl sites for hydroxylation is 1. The van der Waals surface area contributed by atoms with Crippen molar-refractivity contribution >= 4 is 17.3 Å². The quantitative estimate of drug-likeness (QED) is 0.774. The highest BCUT2D eigenvalue weighted by Gasteiger charge is 2.04. The monoisotopic (exact) mass is 262 g/mol. The fourth-order valence-corrected chi connectivity index (χ4v) is 1.88. The Hall–Kier alpha value is -1.97. The average Bonchev–Trinajstić information content (AvgIpc) is 2.35. The Labute approximate surface area is 114 Å². The molecule has 0 aromatic heterocycles. The van der Waals surface area contributed by atoms with Crippen molar-refractivity contribution in [1.29, 1.82) is 0 Å². The van der Waals surface area contributed by atoms with E-state index in [4.69, 9.17) is 5.11 Å². The van der Waals surface area contributed by atoms with E-state index in [1.54, 1.807) is 6.08 Å². The van der Waals surface area contributed by atoms with Crippen LogP contribution in [0.4, 0.5) is 11.4 Å². The summed E-state index contributed by atoms with van der Waals surface area (Å²) in [4.78, 5) is 12.9. The van der Waals surface area contributed by atoms with E-state index in [0.29, 0.717) is 18.5 Å². The second-order valence-electron chi connectivity index (χ2n) is 4.66. The normalized spacial score (nSPS) is 11.3. The van der Waals surface area contributed by atoms with Crippen LogP contribution in [0.25, 0.3) is 0 Å². The molecule has 0 atom stereocenters. The summed E-state index contributed by atoms with van der Waals surface area (Å²) in [5.74, 6) is -0.845. The SMILES string of the molecule is CC/C(=C/CNc1ccc(C)c(N(C)C)c1)C(=O)O. The summed E-state index contributed by atoms with van der Waals surface area (Å²) >= 11 is 0. The molecule has 0 bridgehead atoms. The third-order valence-corrected chi connectivity index (χ3v) is 3.00. The van der Waals surface area contributed by atoms with Crippen LogP contribution >= 0.6 is 0 Å². The third kappa shape index (κ3) is 4.32. The molecule has 2 N–H and O–H groups in total. The maximum atomic E-state index is 10.9. The summed E-state index contributed by atoms with van der Waals surface area (Å²) in [7, 11) is 4.01. The number of carboxylic acid groups (broad SMARTS) is 1. The second-order valence-corrected chi connectivity index (χ2v) is 4.66. The van der Waals surface area contributed by atoms with Crippen LogP contribution in [-0.2, 0) is 4.79 Å². The zero-order valence-corrected chi connectivity index (χ0v) is 12.0. The molecular formula is C15H22N2O2. The van der Waals surface area contributed by atoms with Crippen LogP contribution in [-0.4, -0.2) is 31.7 Å². The van der Waals surface area contributed by atoms with Gasteiger partial charge in [0.1, 0.15) is 0 Å². The Balaban J connectivity index is 2.74. The molecule has 104 valence electrons. The first kappa shape index (κ1) is 15.1. The molecule has 0 aliphatic heterocycles. The van der Waals surface area contributed by atoms with E-state index < -0.39 is 5.97 Å². The molecule has 19 heavy (non-hydrogen) atoms. The van der Waals surface area contributed by atoms with Gasteiger partial charge in [0.2, 0.25) is 0 Å². The van der Waals surface area contributed by atoms with Crippen molar-refractivity contribution in [1.82, 2.24) is 0 Å². The maximum Gasteiger partial charge on any atom is 0.331 e. The largest absolute Gasteiger partial charge is 0.478 e. The molecular weight excluding hydrogens is 240 g/mol. The second kappa shape index (κ2) is 6.83. The smallest absolute Gasteiger partial charge is 0.331 e. The minimum atomic E-state index is -0.845. The molecule has 0 aliphatic carbocycles. The minimum Gasteiger partial charge on any atom is -0.478 e. The average molecular weight is 262 g/mol. The molecule has 0 unspecified atom stereocenters. The Morgan fingerprint density at radius 1 is 1.42 bits per heavy atom. The molecule has 0 saturated heterocycles. The van der Waals surface area contributed by atoms with Crippen molar-refractivity contribution in [3.8, 4) is 0 Å². The lowest BCUT2D eigenvalue weighted by molar-refractivity contribution is -0.132. The standard InChI is InChI=1S/C15H22N2O2/c1-5-12(15(18)19)8-9-16-13-7-6-11(2)14(10-13)17(3)4/h6-8,10,16H,5,9H2,1-4H3,(H,18,19)/b12-8-. The van der Waals surface area contributed by atoms with Gasteiger partial charge in [-0.2, -0.15) is 0 Å². The molecule has 0 saturated carbocycles. The van der Waals surface area contributed by atoms with Gasteiger partial charge in [0.15, 0.2) is 0 Å². The van der Waals surface area contributed by atoms with Crippen LogP contribution in [0.2, 0.25) is 0 Å². The van der Waals surface area contributed by atoms with Crippen molar-refractivity contribution < 1.29 is 9.90 Å². The summed E-state index contributed by atoms with van der Waals surface area (Å²) in [6.45, 7) is 4.43. The van der Waals surface area contributed by atoms with Crippen molar-refractivity contribution in [2.24, 2.45) is 0 Å². The first-order valence-corrected chi connectivity index (χ1v) is 6.39. The Morgan fingerprint density at radius 3 is 2.63 bits per heavy atom. The van der Waals surface area contributed by atoms with Gasteiger partial charge < -0.3 is 15.3 Å². The number of rotatable bonds is 6. The van der Waals surface area contributed by atoms with Gasteiger partial charge in [-0.3, -0.25) is 0 Å².